The fraction of sp³-hybridized carbons (Fsp3) is 0.700. The molecule has 0 saturated heterocycles. The summed E-state index contributed by atoms with van der Waals surface area (Å²) in [6, 6.07) is 0. The summed E-state index contributed by atoms with van der Waals surface area (Å²) in [6.07, 6.45) is 2.91. The third kappa shape index (κ3) is 1.91. The highest BCUT2D eigenvalue weighted by molar-refractivity contribution is 5.23. The first-order valence-electron chi connectivity index (χ1n) is 4.65. The van der Waals surface area contributed by atoms with E-state index in [0.29, 0.717) is 0 Å². The number of rotatable bonds is 3. The Hall–Kier alpha value is -0.830. The third-order valence-corrected chi connectivity index (χ3v) is 2.60. The minimum absolute atomic E-state index is 0.0549. The fourth-order valence-electron chi connectivity index (χ4n) is 1.39. The van der Waals surface area contributed by atoms with Gasteiger partial charge in [-0.2, -0.15) is 5.10 Å². The first kappa shape index (κ1) is 10.3. The van der Waals surface area contributed by atoms with E-state index in [9.17, 15) is 0 Å². The topological polar surface area (TPSA) is 38.0 Å². The zero-order valence-corrected chi connectivity index (χ0v) is 8.83. The Bertz CT molecular complexity index is 289. The lowest BCUT2D eigenvalue weighted by atomic mass is 9.84. The van der Waals surface area contributed by atoms with E-state index in [0.717, 1.165) is 17.7 Å². The van der Waals surface area contributed by atoms with Crippen molar-refractivity contribution in [3.05, 3.63) is 17.5 Å². The van der Waals surface area contributed by atoms with Gasteiger partial charge in [-0.15, -0.1) is 0 Å². The van der Waals surface area contributed by atoms with E-state index in [2.05, 4.69) is 25.9 Å². The summed E-state index contributed by atoms with van der Waals surface area (Å²) >= 11 is 0. The van der Waals surface area contributed by atoms with Crippen LogP contribution in [0.5, 0.6) is 0 Å². The Morgan fingerprint density at radius 1 is 1.54 bits per heavy atom. The molecule has 1 heterocycles. The van der Waals surface area contributed by atoms with Gasteiger partial charge in [0.25, 0.3) is 0 Å². The molecule has 0 bridgehead atoms. The number of aryl methyl sites for hydroxylation is 1. The van der Waals surface area contributed by atoms with Gasteiger partial charge in [-0.3, -0.25) is 4.68 Å². The molecule has 0 spiro atoms. The molecule has 1 N–H and O–H groups in total. The molecule has 0 fully saturated rings. The summed E-state index contributed by atoms with van der Waals surface area (Å²) in [4.78, 5) is 0. The monoisotopic (exact) mass is 182 g/mol. The number of nitrogens with zero attached hydrogens (tertiary/aromatic N) is 2. The molecule has 74 valence electrons. The Labute approximate surface area is 79.4 Å². The molecule has 1 aromatic rings. The van der Waals surface area contributed by atoms with E-state index >= 15 is 0 Å². The van der Waals surface area contributed by atoms with Crippen LogP contribution in [0.1, 0.15) is 38.4 Å². The summed E-state index contributed by atoms with van der Waals surface area (Å²) in [6.45, 7) is 6.51. The molecule has 0 aliphatic rings. The van der Waals surface area contributed by atoms with Crippen LogP contribution in [0.15, 0.2) is 6.20 Å². The predicted octanol–water partition coefficient (Wildman–Crippen LogP) is 1.60. The number of hydrogen-bond acceptors (Lipinski definition) is 2. The highest BCUT2D eigenvalue weighted by Crippen LogP contribution is 2.27. The van der Waals surface area contributed by atoms with Crippen LogP contribution in [0.2, 0.25) is 0 Å². The minimum Gasteiger partial charge on any atom is -0.392 e. The largest absolute Gasteiger partial charge is 0.392 e. The smallest absolute Gasteiger partial charge is 0.0735 e. The maximum atomic E-state index is 9.14. The van der Waals surface area contributed by atoms with E-state index in [1.165, 1.54) is 0 Å². The summed E-state index contributed by atoms with van der Waals surface area (Å²) in [5.74, 6) is 0. The molecule has 0 aliphatic carbocycles. The minimum atomic E-state index is 0.0549. The second-order valence-electron chi connectivity index (χ2n) is 4.07. The molecule has 0 aromatic carbocycles. The maximum absolute atomic E-state index is 9.14. The van der Waals surface area contributed by atoms with E-state index < -0.39 is 0 Å². The lowest BCUT2D eigenvalue weighted by molar-refractivity contribution is 0.277. The van der Waals surface area contributed by atoms with Crippen LogP contribution in [0.3, 0.4) is 0 Å². The van der Waals surface area contributed by atoms with Gasteiger partial charge in [0.1, 0.15) is 0 Å². The van der Waals surface area contributed by atoms with Gasteiger partial charge in [-0.05, 0) is 6.42 Å². The SMILES string of the molecule is CCC(C)(C)c1nn(C)cc1CO. The van der Waals surface area contributed by atoms with Crippen molar-refractivity contribution in [2.75, 3.05) is 0 Å². The van der Waals surface area contributed by atoms with Crippen molar-refractivity contribution in [3.8, 4) is 0 Å². The van der Waals surface area contributed by atoms with Crippen molar-refractivity contribution < 1.29 is 5.11 Å². The van der Waals surface area contributed by atoms with E-state index in [4.69, 9.17) is 5.11 Å². The zero-order chi connectivity index (χ0) is 10.1. The highest BCUT2D eigenvalue weighted by atomic mass is 16.3. The number of aliphatic hydroxyl groups is 1. The normalized spacial score (nSPS) is 12.1. The third-order valence-electron chi connectivity index (χ3n) is 2.60. The van der Waals surface area contributed by atoms with Crippen molar-refractivity contribution in [3.63, 3.8) is 0 Å². The predicted molar refractivity (Wildman–Crippen MR) is 52.4 cm³/mol. The maximum Gasteiger partial charge on any atom is 0.0735 e. The molecule has 0 atom stereocenters. The van der Waals surface area contributed by atoms with Crippen LogP contribution in [0.25, 0.3) is 0 Å². The van der Waals surface area contributed by atoms with E-state index in [1.54, 1.807) is 4.68 Å². The molecule has 0 saturated carbocycles. The van der Waals surface area contributed by atoms with Crippen LogP contribution in [-0.4, -0.2) is 14.9 Å². The quantitative estimate of drug-likeness (QED) is 0.771. The number of aliphatic hydroxyl groups excluding tert-OH is 1. The first-order valence-corrected chi connectivity index (χ1v) is 4.65. The summed E-state index contributed by atoms with van der Waals surface area (Å²) in [7, 11) is 1.88. The lowest BCUT2D eigenvalue weighted by Crippen LogP contribution is -2.18. The van der Waals surface area contributed by atoms with Gasteiger partial charge in [0.05, 0.1) is 12.3 Å². The van der Waals surface area contributed by atoms with Crippen LogP contribution in [0, 0.1) is 0 Å². The lowest BCUT2D eigenvalue weighted by Gasteiger charge is -2.21. The molecule has 0 unspecified atom stereocenters. The molecule has 0 radical (unpaired) electrons. The van der Waals surface area contributed by atoms with Crippen LogP contribution in [0.4, 0.5) is 0 Å². The van der Waals surface area contributed by atoms with Crippen molar-refractivity contribution in [2.45, 2.75) is 39.2 Å². The second kappa shape index (κ2) is 3.50. The van der Waals surface area contributed by atoms with Gasteiger partial charge in [0, 0.05) is 24.2 Å². The molecule has 3 nitrogen and oxygen atoms in total. The summed E-state index contributed by atoms with van der Waals surface area (Å²) in [5, 5.41) is 13.5. The average Bonchev–Trinajstić information content (AvgIpc) is 2.47. The Kier molecular flexibility index (Phi) is 2.76. The Morgan fingerprint density at radius 3 is 2.62 bits per heavy atom. The second-order valence-corrected chi connectivity index (χ2v) is 4.07. The number of hydrogen-bond donors (Lipinski definition) is 1. The van der Waals surface area contributed by atoms with Crippen molar-refractivity contribution >= 4 is 0 Å². The average molecular weight is 182 g/mol. The van der Waals surface area contributed by atoms with Crippen LogP contribution in [-0.2, 0) is 19.1 Å². The molecule has 13 heavy (non-hydrogen) atoms. The highest BCUT2D eigenvalue weighted by Gasteiger charge is 2.24. The van der Waals surface area contributed by atoms with Gasteiger partial charge in [0.2, 0.25) is 0 Å². The van der Waals surface area contributed by atoms with Crippen molar-refractivity contribution in [2.24, 2.45) is 7.05 Å². The molecule has 3 heteroatoms. The molecule has 0 aliphatic heterocycles. The van der Waals surface area contributed by atoms with Gasteiger partial charge < -0.3 is 5.11 Å². The van der Waals surface area contributed by atoms with Crippen LogP contribution >= 0.6 is 0 Å². The standard InChI is InChI=1S/C10H18N2O/c1-5-10(2,3)9-8(7-13)6-12(4)11-9/h6,13H,5,7H2,1-4H3. The van der Waals surface area contributed by atoms with Gasteiger partial charge in [-0.1, -0.05) is 20.8 Å². The Balaban J connectivity index is 3.12. The van der Waals surface area contributed by atoms with E-state index in [-0.39, 0.29) is 12.0 Å². The molecular weight excluding hydrogens is 164 g/mol. The van der Waals surface area contributed by atoms with Crippen LogP contribution < -0.4 is 0 Å². The van der Waals surface area contributed by atoms with Gasteiger partial charge >= 0.3 is 0 Å². The van der Waals surface area contributed by atoms with E-state index in [1.807, 2.05) is 13.2 Å². The first-order chi connectivity index (χ1) is 6.01. The molecule has 1 aromatic heterocycles. The molecular formula is C10H18N2O. The van der Waals surface area contributed by atoms with Crippen molar-refractivity contribution in [1.82, 2.24) is 9.78 Å². The van der Waals surface area contributed by atoms with Gasteiger partial charge in [-0.25, -0.2) is 0 Å². The molecule has 1 rings (SSSR count). The Morgan fingerprint density at radius 2 is 2.15 bits per heavy atom. The number of aromatic nitrogens is 2. The fourth-order valence-corrected chi connectivity index (χ4v) is 1.39. The zero-order valence-electron chi connectivity index (χ0n) is 8.83. The molecule has 0 amide bonds. The van der Waals surface area contributed by atoms with Gasteiger partial charge in [0.15, 0.2) is 0 Å². The summed E-state index contributed by atoms with van der Waals surface area (Å²) in [5.41, 5.74) is 2.01. The van der Waals surface area contributed by atoms with Crippen molar-refractivity contribution in [1.29, 1.82) is 0 Å². The summed E-state index contributed by atoms with van der Waals surface area (Å²) < 4.78 is 1.76.